The molecule has 0 saturated carbocycles. The lowest BCUT2D eigenvalue weighted by Crippen LogP contribution is -2.17. The molecule has 1 rings (SSSR count). The van der Waals surface area contributed by atoms with E-state index in [1.54, 1.807) is 6.92 Å². The molecule has 3 heteroatoms. The lowest BCUT2D eigenvalue weighted by Gasteiger charge is -2.18. The standard InChI is InChI=1S/C14H20O3/c1-9(2)12-6-5-10(3)7-13(12)17-11(4)8-14(15)16/h5-7,9,11H,8H2,1-4H3,(H,15,16)/t11-/m0/s1. The first-order valence-electron chi connectivity index (χ1n) is 5.89. The van der Waals surface area contributed by atoms with Crippen LogP contribution in [0, 0.1) is 6.92 Å². The number of carboxylic acids is 1. The number of ether oxygens (including phenoxy) is 1. The minimum absolute atomic E-state index is 0.0193. The SMILES string of the molecule is Cc1ccc(C(C)C)c(O[C@@H](C)CC(=O)O)c1. The van der Waals surface area contributed by atoms with Gasteiger partial charge in [-0.3, -0.25) is 4.79 Å². The average molecular weight is 236 g/mol. The molecule has 1 N–H and O–H groups in total. The monoisotopic (exact) mass is 236 g/mol. The van der Waals surface area contributed by atoms with Crippen molar-refractivity contribution in [1.29, 1.82) is 0 Å². The van der Waals surface area contributed by atoms with Crippen molar-refractivity contribution in [3.63, 3.8) is 0 Å². The molecular formula is C14H20O3. The van der Waals surface area contributed by atoms with Gasteiger partial charge in [-0.2, -0.15) is 0 Å². The summed E-state index contributed by atoms with van der Waals surface area (Å²) in [5.41, 5.74) is 2.24. The smallest absolute Gasteiger partial charge is 0.307 e. The summed E-state index contributed by atoms with van der Waals surface area (Å²) in [6.45, 7) is 7.97. The van der Waals surface area contributed by atoms with Crippen LogP contribution in [-0.2, 0) is 4.79 Å². The lowest BCUT2D eigenvalue weighted by atomic mass is 10.0. The first kappa shape index (κ1) is 13.6. The Labute approximate surface area is 102 Å². The Morgan fingerprint density at radius 1 is 1.35 bits per heavy atom. The van der Waals surface area contributed by atoms with Crippen molar-refractivity contribution >= 4 is 5.97 Å². The van der Waals surface area contributed by atoms with Gasteiger partial charge < -0.3 is 9.84 Å². The maximum atomic E-state index is 10.6. The van der Waals surface area contributed by atoms with Gasteiger partial charge in [0.25, 0.3) is 0 Å². The Hall–Kier alpha value is -1.51. The summed E-state index contributed by atoms with van der Waals surface area (Å²) in [7, 11) is 0. The van der Waals surface area contributed by atoms with Crippen molar-refractivity contribution in [3.8, 4) is 5.75 Å². The fourth-order valence-electron chi connectivity index (χ4n) is 1.72. The van der Waals surface area contributed by atoms with Crippen LogP contribution in [0.5, 0.6) is 5.75 Å². The molecule has 0 saturated heterocycles. The summed E-state index contributed by atoms with van der Waals surface area (Å²) in [5, 5.41) is 8.71. The minimum Gasteiger partial charge on any atom is -0.490 e. The molecule has 0 heterocycles. The molecule has 3 nitrogen and oxygen atoms in total. The second-order valence-corrected chi connectivity index (χ2v) is 4.72. The number of aryl methyl sites for hydroxylation is 1. The molecule has 94 valence electrons. The number of hydrogen-bond acceptors (Lipinski definition) is 2. The second kappa shape index (κ2) is 5.71. The quantitative estimate of drug-likeness (QED) is 0.852. The average Bonchev–Trinajstić information content (AvgIpc) is 2.15. The van der Waals surface area contributed by atoms with Crippen LogP contribution in [0.3, 0.4) is 0 Å². The van der Waals surface area contributed by atoms with E-state index in [2.05, 4.69) is 13.8 Å². The van der Waals surface area contributed by atoms with E-state index >= 15 is 0 Å². The minimum atomic E-state index is -0.837. The van der Waals surface area contributed by atoms with Crippen molar-refractivity contribution in [1.82, 2.24) is 0 Å². The van der Waals surface area contributed by atoms with E-state index < -0.39 is 5.97 Å². The largest absolute Gasteiger partial charge is 0.490 e. The molecule has 0 amide bonds. The van der Waals surface area contributed by atoms with Crippen LogP contribution in [-0.4, -0.2) is 17.2 Å². The molecule has 0 aliphatic carbocycles. The van der Waals surface area contributed by atoms with E-state index in [0.717, 1.165) is 16.9 Å². The number of carbonyl (C=O) groups is 1. The predicted octanol–water partition coefficient (Wildman–Crippen LogP) is 3.36. The number of rotatable bonds is 5. The molecular weight excluding hydrogens is 216 g/mol. The van der Waals surface area contributed by atoms with Crippen molar-refractivity contribution < 1.29 is 14.6 Å². The lowest BCUT2D eigenvalue weighted by molar-refractivity contribution is -0.138. The Morgan fingerprint density at radius 3 is 2.53 bits per heavy atom. The fourth-order valence-corrected chi connectivity index (χ4v) is 1.72. The van der Waals surface area contributed by atoms with Gasteiger partial charge in [0.2, 0.25) is 0 Å². The maximum absolute atomic E-state index is 10.6. The van der Waals surface area contributed by atoms with Gasteiger partial charge >= 0.3 is 5.97 Å². The Balaban J connectivity index is 2.88. The van der Waals surface area contributed by atoms with E-state index in [1.807, 2.05) is 25.1 Å². The number of benzene rings is 1. The summed E-state index contributed by atoms with van der Waals surface area (Å²) in [4.78, 5) is 10.6. The number of aliphatic carboxylic acids is 1. The van der Waals surface area contributed by atoms with Crippen LogP contribution in [0.1, 0.15) is 44.2 Å². The van der Waals surface area contributed by atoms with E-state index in [4.69, 9.17) is 9.84 Å². The summed E-state index contributed by atoms with van der Waals surface area (Å²) >= 11 is 0. The van der Waals surface area contributed by atoms with Gasteiger partial charge in [-0.05, 0) is 37.0 Å². The Kier molecular flexibility index (Phi) is 4.55. The summed E-state index contributed by atoms with van der Waals surface area (Å²) < 4.78 is 5.72. The van der Waals surface area contributed by atoms with Gasteiger partial charge in [-0.25, -0.2) is 0 Å². The van der Waals surface area contributed by atoms with Crippen LogP contribution in [0.25, 0.3) is 0 Å². The Bertz CT molecular complexity index is 396. The van der Waals surface area contributed by atoms with Crippen LogP contribution in [0.15, 0.2) is 18.2 Å². The van der Waals surface area contributed by atoms with Crippen LogP contribution in [0.4, 0.5) is 0 Å². The topological polar surface area (TPSA) is 46.5 Å². The van der Waals surface area contributed by atoms with Crippen molar-refractivity contribution in [3.05, 3.63) is 29.3 Å². The van der Waals surface area contributed by atoms with E-state index in [9.17, 15) is 4.79 Å². The van der Waals surface area contributed by atoms with Gasteiger partial charge in [0.1, 0.15) is 11.9 Å². The van der Waals surface area contributed by atoms with E-state index in [1.165, 1.54) is 0 Å². The predicted molar refractivity (Wildman–Crippen MR) is 67.6 cm³/mol. The van der Waals surface area contributed by atoms with Gasteiger partial charge in [-0.15, -0.1) is 0 Å². The van der Waals surface area contributed by atoms with Gasteiger partial charge in [0, 0.05) is 0 Å². The summed E-state index contributed by atoms with van der Waals surface area (Å²) in [5.74, 6) is 0.327. The molecule has 17 heavy (non-hydrogen) atoms. The highest BCUT2D eigenvalue weighted by atomic mass is 16.5. The second-order valence-electron chi connectivity index (χ2n) is 4.72. The molecule has 1 atom stereocenters. The normalized spacial score (nSPS) is 12.5. The third-order valence-electron chi connectivity index (χ3n) is 2.58. The van der Waals surface area contributed by atoms with Crippen LogP contribution >= 0.6 is 0 Å². The molecule has 0 fully saturated rings. The first-order valence-corrected chi connectivity index (χ1v) is 5.89. The molecule has 0 aliphatic rings. The third-order valence-corrected chi connectivity index (χ3v) is 2.58. The first-order chi connectivity index (χ1) is 7.90. The van der Waals surface area contributed by atoms with E-state index in [-0.39, 0.29) is 12.5 Å². The molecule has 0 spiro atoms. The molecule has 1 aromatic carbocycles. The highest BCUT2D eigenvalue weighted by molar-refractivity contribution is 5.67. The van der Waals surface area contributed by atoms with Crippen LogP contribution < -0.4 is 4.74 Å². The zero-order chi connectivity index (χ0) is 13.0. The van der Waals surface area contributed by atoms with Gasteiger partial charge in [-0.1, -0.05) is 26.0 Å². The molecule has 0 bridgehead atoms. The Morgan fingerprint density at radius 2 is 2.00 bits per heavy atom. The van der Waals surface area contributed by atoms with E-state index in [0.29, 0.717) is 5.92 Å². The molecule has 0 radical (unpaired) electrons. The molecule has 0 aromatic heterocycles. The zero-order valence-corrected chi connectivity index (χ0v) is 10.9. The zero-order valence-electron chi connectivity index (χ0n) is 10.9. The summed E-state index contributed by atoms with van der Waals surface area (Å²) in [6.07, 6.45) is -0.294. The number of carboxylic acid groups (broad SMARTS) is 1. The van der Waals surface area contributed by atoms with Crippen molar-refractivity contribution in [2.24, 2.45) is 0 Å². The van der Waals surface area contributed by atoms with Crippen molar-refractivity contribution in [2.75, 3.05) is 0 Å². The fraction of sp³-hybridized carbons (Fsp3) is 0.500. The van der Waals surface area contributed by atoms with Crippen LogP contribution in [0.2, 0.25) is 0 Å². The number of hydrogen-bond donors (Lipinski definition) is 1. The molecule has 1 aromatic rings. The van der Waals surface area contributed by atoms with Crippen molar-refractivity contribution in [2.45, 2.75) is 46.1 Å². The van der Waals surface area contributed by atoms with Gasteiger partial charge in [0.05, 0.1) is 6.42 Å². The third kappa shape index (κ3) is 4.10. The highest BCUT2D eigenvalue weighted by Crippen LogP contribution is 2.28. The molecule has 0 aliphatic heterocycles. The summed E-state index contributed by atoms with van der Waals surface area (Å²) in [6, 6.07) is 6.06. The molecule has 0 unspecified atom stereocenters. The van der Waals surface area contributed by atoms with Gasteiger partial charge in [0.15, 0.2) is 0 Å². The maximum Gasteiger partial charge on any atom is 0.307 e. The highest BCUT2D eigenvalue weighted by Gasteiger charge is 2.13.